The Morgan fingerprint density at radius 3 is 2.57 bits per heavy atom. The summed E-state index contributed by atoms with van der Waals surface area (Å²) >= 11 is 1.52. The number of fused-ring (bicyclic) bond motifs is 1. The Morgan fingerprint density at radius 2 is 1.77 bits per heavy atom. The molecular weight excluding hydrogens is 400 g/mol. The van der Waals surface area contributed by atoms with Crippen LogP contribution in [0.5, 0.6) is 5.75 Å². The van der Waals surface area contributed by atoms with E-state index in [0.717, 1.165) is 27.2 Å². The Bertz CT molecular complexity index is 1280. The van der Waals surface area contributed by atoms with Gasteiger partial charge in [-0.15, -0.1) is 0 Å². The number of thioether (sulfide) groups is 1. The van der Waals surface area contributed by atoms with Gasteiger partial charge in [0, 0.05) is 10.9 Å². The van der Waals surface area contributed by atoms with Crippen molar-refractivity contribution in [2.75, 3.05) is 7.11 Å². The third kappa shape index (κ3) is 3.65. The molecule has 0 aliphatic rings. The molecule has 0 fully saturated rings. The maximum absolute atomic E-state index is 5.47. The first-order chi connectivity index (χ1) is 14.8. The van der Waals surface area contributed by atoms with Crippen LogP contribution in [0.15, 0.2) is 80.9 Å². The fourth-order valence-corrected chi connectivity index (χ4v) is 3.83. The molecule has 30 heavy (non-hydrogen) atoms. The Kier molecular flexibility index (Phi) is 4.90. The topological polar surface area (TPSA) is 87.1 Å². The second kappa shape index (κ2) is 8.00. The van der Waals surface area contributed by atoms with E-state index in [4.69, 9.17) is 18.7 Å². The number of hydrogen-bond donors (Lipinski definition) is 0. The maximum atomic E-state index is 5.47. The van der Waals surface area contributed by atoms with Gasteiger partial charge in [0.15, 0.2) is 11.6 Å². The van der Waals surface area contributed by atoms with Crippen molar-refractivity contribution in [2.24, 2.45) is 0 Å². The van der Waals surface area contributed by atoms with E-state index >= 15 is 0 Å². The average molecular weight is 416 g/mol. The van der Waals surface area contributed by atoms with Gasteiger partial charge in [0.2, 0.25) is 11.7 Å². The van der Waals surface area contributed by atoms with Gasteiger partial charge in [-0.2, -0.15) is 4.98 Å². The molecule has 5 aromatic rings. The Hall–Kier alpha value is -3.65. The van der Waals surface area contributed by atoms with Crippen LogP contribution >= 0.6 is 11.8 Å². The lowest BCUT2D eigenvalue weighted by Crippen LogP contribution is -1.93. The van der Waals surface area contributed by atoms with Crippen LogP contribution in [0.4, 0.5) is 0 Å². The van der Waals surface area contributed by atoms with Crippen LogP contribution in [-0.4, -0.2) is 27.2 Å². The standard InChI is InChI=1S/C22H16N4O3S/c1-27-15-10-8-14(9-11-15)20-24-19(29-26-20)13-30-22-16-5-2-3-6-17(16)23-21(25-22)18-7-4-12-28-18/h2-12H,13H2,1H3. The Morgan fingerprint density at radius 1 is 0.900 bits per heavy atom. The van der Waals surface area contributed by atoms with E-state index in [0.29, 0.717) is 29.1 Å². The Labute approximate surface area is 176 Å². The van der Waals surface area contributed by atoms with Crippen molar-refractivity contribution in [3.63, 3.8) is 0 Å². The summed E-state index contributed by atoms with van der Waals surface area (Å²) in [5.74, 6) is 3.50. The first kappa shape index (κ1) is 18.4. The summed E-state index contributed by atoms with van der Waals surface area (Å²) in [6.45, 7) is 0. The molecule has 3 heterocycles. The molecule has 0 saturated carbocycles. The van der Waals surface area contributed by atoms with Crippen molar-refractivity contribution < 1.29 is 13.7 Å². The molecule has 0 aliphatic heterocycles. The number of aromatic nitrogens is 4. The highest BCUT2D eigenvalue weighted by atomic mass is 32.2. The van der Waals surface area contributed by atoms with E-state index in [2.05, 4.69) is 15.1 Å². The molecule has 2 aromatic carbocycles. The number of ether oxygens (including phenoxy) is 1. The molecule has 8 heteroatoms. The van der Waals surface area contributed by atoms with Crippen molar-refractivity contribution in [3.05, 3.63) is 72.8 Å². The number of hydrogen-bond acceptors (Lipinski definition) is 8. The largest absolute Gasteiger partial charge is 0.497 e. The molecule has 0 saturated heterocycles. The minimum Gasteiger partial charge on any atom is -0.497 e. The first-order valence-electron chi connectivity index (χ1n) is 9.20. The molecule has 7 nitrogen and oxygen atoms in total. The van der Waals surface area contributed by atoms with Crippen LogP contribution < -0.4 is 4.74 Å². The average Bonchev–Trinajstić information content (AvgIpc) is 3.50. The summed E-state index contributed by atoms with van der Waals surface area (Å²) in [6, 6.07) is 19.1. The monoisotopic (exact) mass is 416 g/mol. The number of furan rings is 1. The van der Waals surface area contributed by atoms with Gasteiger partial charge in [0.25, 0.3) is 0 Å². The predicted molar refractivity (Wildman–Crippen MR) is 113 cm³/mol. The highest BCUT2D eigenvalue weighted by Crippen LogP contribution is 2.30. The smallest absolute Gasteiger partial charge is 0.237 e. The van der Waals surface area contributed by atoms with Crippen LogP contribution in [-0.2, 0) is 5.75 Å². The van der Waals surface area contributed by atoms with Crippen LogP contribution in [0.2, 0.25) is 0 Å². The quantitative estimate of drug-likeness (QED) is 0.274. The van der Waals surface area contributed by atoms with Crippen LogP contribution in [0.1, 0.15) is 5.89 Å². The molecule has 0 aliphatic carbocycles. The zero-order chi connectivity index (χ0) is 20.3. The van der Waals surface area contributed by atoms with E-state index < -0.39 is 0 Å². The molecule has 0 radical (unpaired) electrons. The number of para-hydroxylation sites is 1. The molecule has 148 valence electrons. The summed E-state index contributed by atoms with van der Waals surface area (Å²) in [6.07, 6.45) is 1.61. The second-order valence-corrected chi connectivity index (χ2v) is 7.34. The van der Waals surface area contributed by atoms with Gasteiger partial charge in [0.05, 0.1) is 24.6 Å². The highest BCUT2D eigenvalue weighted by Gasteiger charge is 2.14. The fraction of sp³-hybridized carbons (Fsp3) is 0.0909. The third-order valence-electron chi connectivity index (χ3n) is 4.46. The van der Waals surface area contributed by atoms with Crippen LogP contribution in [0, 0.1) is 0 Å². The molecule has 3 aromatic heterocycles. The highest BCUT2D eigenvalue weighted by molar-refractivity contribution is 7.98. The van der Waals surface area contributed by atoms with Crippen molar-refractivity contribution >= 4 is 22.7 Å². The first-order valence-corrected chi connectivity index (χ1v) is 10.2. The van der Waals surface area contributed by atoms with Gasteiger partial charge >= 0.3 is 0 Å². The minimum atomic E-state index is 0.488. The molecular formula is C22H16N4O3S. The van der Waals surface area contributed by atoms with Gasteiger partial charge < -0.3 is 13.7 Å². The van der Waals surface area contributed by atoms with Crippen molar-refractivity contribution in [1.82, 2.24) is 20.1 Å². The zero-order valence-electron chi connectivity index (χ0n) is 16.0. The molecule has 0 atom stereocenters. The fourth-order valence-electron chi connectivity index (χ4n) is 2.97. The molecule has 0 amide bonds. The van der Waals surface area contributed by atoms with E-state index in [9.17, 15) is 0 Å². The lowest BCUT2D eigenvalue weighted by molar-refractivity contribution is 0.391. The lowest BCUT2D eigenvalue weighted by atomic mass is 10.2. The van der Waals surface area contributed by atoms with Crippen molar-refractivity contribution in [1.29, 1.82) is 0 Å². The molecule has 0 spiro atoms. The number of rotatable bonds is 6. The summed E-state index contributed by atoms with van der Waals surface area (Å²) in [7, 11) is 1.63. The van der Waals surface area contributed by atoms with Gasteiger partial charge in [-0.1, -0.05) is 35.1 Å². The molecule has 0 unspecified atom stereocenters. The van der Waals surface area contributed by atoms with E-state index in [1.807, 2.05) is 60.7 Å². The van der Waals surface area contributed by atoms with Crippen molar-refractivity contribution in [3.8, 4) is 28.7 Å². The summed E-state index contributed by atoms with van der Waals surface area (Å²) in [4.78, 5) is 13.8. The van der Waals surface area contributed by atoms with Gasteiger partial charge in [-0.3, -0.25) is 0 Å². The van der Waals surface area contributed by atoms with Gasteiger partial charge in [-0.25, -0.2) is 9.97 Å². The van der Waals surface area contributed by atoms with E-state index in [1.54, 1.807) is 13.4 Å². The summed E-state index contributed by atoms with van der Waals surface area (Å²) in [5.41, 5.74) is 1.72. The normalized spacial score (nSPS) is 11.1. The van der Waals surface area contributed by atoms with Crippen LogP contribution in [0.3, 0.4) is 0 Å². The third-order valence-corrected chi connectivity index (χ3v) is 5.43. The predicted octanol–water partition coefficient (Wildman–Crippen LogP) is 5.24. The maximum Gasteiger partial charge on any atom is 0.237 e. The van der Waals surface area contributed by atoms with Gasteiger partial charge in [0.1, 0.15) is 10.8 Å². The van der Waals surface area contributed by atoms with Crippen molar-refractivity contribution in [2.45, 2.75) is 10.8 Å². The lowest BCUT2D eigenvalue weighted by Gasteiger charge is -2.06. The second-order valence-electron chi connectivity index (χ2n) is 6.38. The van der Waals surface area contributed by atoms with Gasteiger partial charge in [-0.05, 0) is 42.5 Å². The summed E-state index contributed by atoms with van der Waals surface area (Å²) in [5, 5.41) is 5.88. The van der Waals surface area contributed by atoms with E-state index in [1.165, 1.54) is 11.8 Å². The number of nitrogens with zero attached hydrogens (tertiary/aromatic N) is 4. The SMILES string of the molecule is COc1ccc(-c2noc(CSc3nc(-c4ccco4)nc4ccccc34)n2)cc1. The number of benzene rings is 2. The molecule has 0 N–H and O–H groups in total. The minimum absolute atomic E-state index is 0.488. The molecule has 5 rings (SSSR count). The zero-order valence-corrected chi connectivity index (χ0v) is 16.8. The number of methoxy groups -OCH3 is 1. The van der Waals surface area contributed by atoms with E-state index in [-0.39, 0.29) is 0 Å². The Balaban J connectivity index is 1.40. The molecule has 0 bridgehead atoms. The van der Waals surface area contributed by atoms with Crippen LogP contribution in [0.25, 0.3) is 33.9 Å². The summed E-state index contributed by atoms with van der Waals surface area (Å²) < 4.78 is 16.1.